The highest BCUT2D eigenvalue weighted by Crippen LogP contribution is 2.29. The van der Waals surface area contributed by atoms with Gasteiger partial charge in [0.2, 0.25) is 11.8 Å². The molecule has 0 bridgehead atoms. The van der Waals surface area contributed by atoms with Gasteiger partial charge in [-0.15, -0.1) is 0 Å². The number of para-hydroxylation sites is 2. The van der Waals surface area contributed by atoms with Crippen LogP contribution in [0.3, 0.4) is 0 Å². The first kappa shape index (κ1) is 19.1. The van der Waals surface area contributed by atoms with Crippen molar-refractivity contribution in [1.29, 1.82) is 0 Å². The normalized spacial score (nSPS) is 10.6. The average molecular weight is 402 g/mol. The summed E-state index contributed by atoms with van der Waals surface area (Å²) in [7, 11) is 1.58. The van der Waals surface area contributed by atoms with Crippen molar-refractivity contribution in [3.05, 3.63) is 70.3 Å². The largest absolute Gasteiger partial charge is 0.336 e. The number of rotatable bonds is 5. The van der Waals surface area contributed by atoms with Gasteiger partial charge in [-0.2, -0.15) is 0 Å². The molecule has 1 N–H and O–H groups in total. The average Bonchev–Trinajstić information content (AvgIpc) is 2.65. The Hall–Kier alpha value is -2.63. The zero-order valence-electron chi connectivity index (χ0n) is 14.6. The summed E-state index contributed by atoms with van der Waals surface area (Å²) in [5, 5.41) is 4.30. The Kier molecular flexibility index (Phi) is 5.94. The fourth-order valence-electron chi connectivity index (χ4n) is 2.71. The second kappa shape index (κ2) is 8.37. The molecule has 0 saturated heterocycles. The van der Waals surface area contributed by atoms with Gasteiger partial charge in [0.1, 0.15) is 0 Å². The number of likely N-dealkylation sites (N-methyl/N-ethyl adjacent to an activating group) is 1. The van der Waals surface area contributed by atoms with Crippen molar-refractivity contribution in [3.8, 4) is 0 Å². The highest BCUT2D eigenvalue weighted by Gasteiger charge is 2.16. The van der Waals surface area contributed by atoms with Crippen LogP contribution in [0.1, 0.15) is 5.56 Å². The monoisotopic (exact) mass is 401 g/mol. The summed E-state index contributed by atoms with van der Waals surface area (Å²) in [6, 6.07) is 14.4. The van der Waals surface area contributed by atoms with E-state index in [2.05, 4.69) is 10.3 Å². The Morgan fingerprint density at radius 3 is 2.44 bits per heavy atom. The van der Waals surface area contributed by atoms with E-state index in [1.807, 2.05) is 30.3 Å². The van der Waals surface area contributed by atoms with E-state index >= 15 is 0 Å². The fraction of sp³-hybridized carbons (Fsp3) is 0.150. The number of carbonyl (C=O) groups excluding carboxylic acids is 2. The molecule has 0 unspecified atom stereocenters. The molecule has 138 valence electrons. The van der Waals surface area contributed by atoms with Gasteiger partial charge in [0, 0.05) is 18.6 Å². The molecule has 1 heterocycles. The van der Waals surface area contributed by atoms with Gasteiger partial charge in [-0.25, -0.2) is 0 Å². The standard InChI is InChI=1S/C20H17Cl2N3O2/c1-25(12-17(26)24-20-15(21)8-3-9-16(20)22)18(27)11-14-6-2-5-13-7-4-10-23-19(13)14/h2-10H,11-12H2,1H3,(H,24,26). The van der Waals surface area contributed by atoms with Crippen molar-refractivity contribution >= 4 is 51.6 Å². The number of anilines is 1. The number of hydrogen-bond acceptors (Lipinski definition) is 3. The van der Waals surface area contributed by atoms with Crippen LogP contribution in [0.2, 0.25) is 10.0 Å². The Balaban J connectivity index is 1.66. The van der Waals surface area contributed by atoms with Crippen molar-refractivity contribution < 1.29 is 9.59 Å². The molecule has 1 aromatic heterocycles. The first-order valence-corrected chi connectivity index (χ1v) is 9.02. The number of pyridine rings is 1. The third kappa shape index (κ3) is 4.56. The zero-order valence-corrected chi connectivity index (χ0v) is 16.1. The van der Waals surface area contributed by atoms with Crippen molar-refractivity contribution in [3.63, 3.8) is 0 Å². The van der Waals surface area contributed by atoms with Crippen LogP contribution in [0.5, 0.6) is 0 Å². The van der Waals surface area contributed by atoms with E-state index in [1.165, 1.54) is 4.90 Å². The van der Waals surface area contributed by atoms with E-state index in [0.29, 0.717) is 15.7 Å². The number of aromatic nitrogens is 1. The van der Waals surface area contributed by atoms with E-state index in [-0.39, 0.29) is 24.8 Å². The number of nitrogens with one attached hydrogen (secondary N) is 1. The number of nitrogens with zero attached hydrogens (tertiary/aromatic N) is 2. The maximum Gasteiger partial charge on any atom is 0.244 e. The highest BCUT2D eigenvalue weighted by atomic mass is 35.5. The number of fused-ring (bicyclic) bond motifs is 1. The van der Waals surface area contributed by atoms with E-state index in [4.69, 9.17) is 23.2 Å². The van der Waals surface area contributed by atoms with E-state index in [0.717, 1.165) is 16.5 Å². The Labute approximate surface area is 166 Å². The molecule has 2 aromatic carbocycles. The molecule has 27 heavy (non-hydrogen) atoms. The Bertz CT molecular complexity index is 982. The smallest absolute Gasteiger partial charge is 0.244 e. The molecule has 3 aromatic rings. The molecule has 0 saturated carbocycles. The number of benzene rings is 2. The van der Waals surface area contributed by atoms with Crippen LogP contribution in [-0.2, 0) is 16.0 Å². The topological polar surface area (TPSA) is 62.3 Å². The maximum atomic E-state index is 12.5. The first-order chi connectivity index (χ1) is 13.0. The van der Waals surface area contributed by atoms with Crippen LogP contribution in [0.25, 0.3) is 10.9 Å². The van der Waals surface area contributed by atoms with Crippen LogP contribution in [-0.4, -0.2) is 35.3 Å². The maximum absolute atomic E-state index is 12.5. The molecule has 0 atom stereocenters. The van der Waals surface area contributed by atoms with E-state index < -0.39 is 0 Å². The van der Waals surface area contributed by atoms with Gasteiger partial charge >= 0.3 is 0 Å². The van der Waals surface area contributed by atoms with Gasteiger partial charge in [-0.3, -0.25) is 14.6 Å². The molecule has 5 nitrogen and oxygen atoms in total. The minimum Gasteiger partial charge on any atom is -0.336 e. The summed E-state index contributed by atoms with van der Waals surface area (Å²) in [6.07, 6.45) is 1.85. The summed E-state index contributed by atoms with van der Waals surface area (Å²) < 4.78 is 0. The van der Waals surface area contributed by atoms with Gasteiger partial charge in [-0.1, -0.05) is 53.5 Å². The molecule has 2 amide bonds. The lowest BCUT2D eigenvalue weighted by Crippen LogP contribution is -2.36. The highest BCUT2D eigenvalue weighted by molar-refractivity contribution is 6.39. The van der Waals surface area contributed by atoms with Gasteiger partial charge < -0.3 is 10.2 Å². The van der Waals surface area contributed by atoms with Crippen LogP contribution in [0.15, 0.2) is 54.7 Å². The summed E-state index contributed by atoms with van der Waals surface area (Å²) in [6.45, 7) is -0.113. The van der Waals surface area contributed by atoms with Crippen molar-refractivity contribution in [1.82, 2.24) is 9.88 Å². The first-order valence-electron chi connectivity index (χ1n) is 8.26. The lowest BCUT2D eigenvalue weighted by molar-refractivity contribution is -0.132. The second-order valence-electron chi connectivity index (χ2n) is 6.06. The molecule has 0 spiro atoms. The molecule has 0 aliphatic rings. The molecular formula is C20H17Cl2N3O2. The summed E-state index contributed by atoms with van der Waals surface area (Å²) in [4.78, 5) is 30.5. The lowest BCUT2D eigenvalue weighted by Gasteiger charge is -2.18. The third-order valence-electron chi connectivity index (χ3n) is 4.09. The van der Waals surface area contributed by atoms with Crippen LogP contribution < -0.4 is 5.32 Å². The molecule has 0 aliphatic carbocycles. The second-order valence-corrected chi connectivity index (χ2v) is 6.88. The third-order valence-corrected chi connectivity index (χ3v) is 4.72. The summed E-state index contributed by atoms with van der Waals surface area (Å²) >= 11 is 12.1. The quantitative estimate of drug-likeness (QED) is 0.697. The van der Waals surface area contributed by atoms with Gasteiger partial charge in [0.15, 0.2) is 0 Å². The lowest BCUT2D eigenvalue weighted by atomic mass is 10.1. The van der Waals surface area contributed by atoms with E-state index in [1.54, 1.807) is 31.4 Å². The number of amides is 2. The van der Waals surface area contributed by atoms with E-state index in [9.17, 15) is 9.59 Å². The molecule has 0 fully saturated rings. The Morgan fingerprint density at radius 2 is 1.70 bits per heavy atom. The van der Waals surface area contributed by atoms with Crippen LogP contribution in [0, 0.1) is 0 Å². The molecule has 0 aliphatic heterocycles. The predicted octanol–water partition coefficient (Wildman–Crippen LogP) is 4.18. The van der Waals surface area contributed by atoms with Crippen LogP contribution in [0.4, 0.5) is 5.69 Å². The zero-order chi connectivity index (χ0) is 19.4. The molecule has 7 heteroatoms. The van der Waals surface area contributed by atoms with Crippen LogP contribution >= 0.6 is 23.2 Å². The SMILES string of the molecule is CN(CC(=O)Nc1c(Cl)cccc1Cl)C(=O)Cc1cccc2cccnc12. The number of hydrogen-bond donors (Lipinski definition) is 1. The van der Waals surface area contributed by atoms with Gasteiger partial charge in [0.25, 0.3) is 0 Å². The minimum absolute atomic E-state index is 0.113. The molecule has 0 radical (unpaired) electrons. The van der Waals surface area contributed by atoms with Gasteiger partial charge in [0.05, 0.1) is 34.2 Å². The van der Waals surface area contributed by atoms with Crippen molar-refractivity contribution in [2.24, 2.45) is 0 Å². The predicted molar refractivity (Wildman–Crippen MR) is 108 cm³/mol. The Morgan fingerprint density at radius 1 is 1.04 bits per heavy atom. The van der Waals surface area contributed by atoms with Crippen molar-refractivity contribution in [2.75, 3.05) is 18.9 Å². The number of carbonyl (C=O) groups is 2. The van der Waals surface area contributed by atoms with Crippen molar-refractivity contribution in [2.45, 2.75) is 6.42 Å². The number of halogens is 2. The minimum atomic E-state index is -0.378. The fourth-order valence-corrected chi connectivity index (χ4v) is 3.20. The molecule has 3 rings (SSSR count). The van der Waals surface area contributed by atoms with Gasteiger partial charge in [-0.05, 0) is 23.8 Å². The summed E-state index contributed by atoms with van der Waals surface area (Å²) in [5.74, 6) is -0.564. The molecular weight excluding hydrogens is 385 g/mol. The summed E-state index contributed by atoms with van der Waals surface area (Å²) in [5.41, 5.74) is 1.94.